The second-order valence-electron chi connectivity index (χ2n) is 7.73. The minimum absolute atomic E-state index is 0.136. The third kappa shape index (κ3) is 7.71. The molecule has 2 amide bonds. The van der Waals surface area contributed by atoms with Gasteiger partial charge in [-0.25, -0.2) is 5.48 Å². The Morgan fingerprint density at radius 2 is 1.73 bits per heavy atom. The lowest BCUT2D eigenvalue weighted by molar-refractivity contribution is 0.0234. The molecule has 0 aliphatic heterocycles. The highest BCUT2D eigenvalue weighted by atomic mass is 16.6. The van der Waals surface area contributed by atoms with Gasteiger partial charge < -0.3 is 15.5 Å². The summed E-state index contributed by atoms with van der Waals surface area (Å²) in [6.07, 6.45) is 3.46. The van der Waals surface area contributed by atoms with Gasteiger partial charge in [0.2, 0.25) is 0 Å². The number of amides is 2. The van der Waals surface area contributed by atoms with Gasteiger partial charge in [-0.1, -0.05) is 24.3 Å². The number of rotatable bonds is 11. The summed E-state index contributed by atoms with van der Waals surface area (Å²) < 4.78 is 0. The molecule has 0 aliphatic rings. The van der Waals surface area contributed by atoms with E-state index in [-0.39, 0.29) is 18.4 Å². The van der Waals surface area contributed by atoms with Crippen LogP contribution in [0.4, 0.5) is 5.69 Å². The number of nitrogens with one attached hydrogen (secondary N) is 3. The lowest BCUT2D eigenvalue weighted by Crippen LogP contribution is -2.31. The predicted octanol–water partition coefficient (Wildman–Crippen LogP) is 2.85. The number of carbonyl (C=O) groups excluding carboxylic acids is 2. The topological polar surface area (TPSA) is 95.6 Å². The van der Waals surface area contributed by atoms with Crippen LogP contribution >= 0.6 is 0 Å². The Morgan fingerprint density at radius 1 is 0.939 bits per heavy atom. The second-order valence-corrected chi connectivity index (χ2v) is 7.73. The van der Waals surface area contributed by atoms with Crippen molar-refractivity contribution in [3.05, 3.63) is 95.3 Å². The summed E-state index contributed by atoms with van der Waals surface area (Å²) in [5.74, 6) is -0.498. The van der Waals surface area contributed by atoms with Gasteiger partial charge in [0.15, 0.2) is 0 Å². The van der Waals surface area contributed by atoms with Gasteiger partial charge in [0.05, 0.1) is 12.2 Å². The highest BCUT2D eigenvalue weighted by molar-refractivity contribution is 5.99. The number of benzene rings is 2. The maximum absolute atomic E-state index is 12.7. The summed E-state index contributed by atoms with van der Waals surface area (Å²) in [5.41, 5.74) is 6.04. The first-order chi connectivity index (χ1) is 16.0. The van der Waals surface area contributed by atoms with Crippen LogP contribution in [0.1, 0.15) is 31.8 Å². The number of likely N-dealkylation sites (N-methyl/N-ethyl adjacent to an activating group) is 1. The van der Waals surface area contributed by atoms with E-state index < -0.39 is 0 Å². The molecule has 1 aromatic heterocycles. The molecular formula is C25H29N5O3. The number of hydroxylamine groups is 1. The Kier molecular flexibility index (Phi) is 8.93. The molecule has 172 valence electrons. The zero-order chi connectivity index (χ0) is 23.5. The molecule has 2 aromatic carbocycles. The first-order valence-corrected chi connectivity index (χ1v) is 10.7. The summed E-state index contributed by atoms with van der Waals surface area (Å²) in [6, 6.07) is 18.2. The molecule has 0 saturated carbocycles. The maximum atomic E-state index is 12.7. The van der Waals surface area contributed by atoms with Crippen molar-refractivity contribution in [2.75, 3.05) is 32.5 Å². The van der Waals surface area contributed by atoms with Crippen molar-refractivity contribution in [1.82, 2.24) is 20.7 Å². The van der Waals surface area contributed by atoms with E-state index in [1.54, 1.807) is 42.7 Å². The number of hydrogen-bond acceptors (Lipinski definition) is 6. The molecule has 0 saturated heterocycles. The molecule has 3 N–H and O–H groups in total. The SMILES string of the molecule is CN(C)CCNC(=O)c1cccc(CONC(=O)c2ccccc2NCc2ccncc2)c1. The maximum Gasteiger partial charge on any atom is 0.276 e. The zero-order valence-electron chi connectivity index (χ0n) is 18.9. The van der Waals surface area contributed by atoms with E-state index in [2.05, 4.69) is 21.1 Å². The van der Waals surface area contributed by atoms with Gasteiger partial charge in [-0.15, -0.1) is 0 Å². The predicted molar refractivity (Wildman–Crippen MR) is 128 cm³/mol. The number of anilines is 1. The van der Waals surface area contributed by atoms with Gasteiger partial charge in [-0.3, -0.25) is 19.4 Å². The van der Waals surface area contributed by atoms with E-state index in [0.717, 1.165) is 17.7 Å². The van der Waals surface area contributed by atoms with Gasteiger partial charge in [-0.05, 0) is 61.6 Å². The quantitative estimate of drug-likeness (QED) is 0.391. The Balaban J connectivity index is 1.52. The summed E-state index contributed by atoms with van der Waals surface area (Å²) in [6.45, 7) is 2.03. The number of aromatic nitrogens is 1. The van der Waals surface area contributed by atoms with E-state index >= 15 is 0 Å². The molecule has 3 rings (SSSR count). The van der Waals surface area contributed by atoms with E-state index in [1.807, 2.05) is 49.3 Å². The summed E-state index contributed by atoms with van der Waals surface area (Å²) in [7, 11) is 3.90. The largest absolute Gasteiger partial charge is 0.380 e. The summed E-state index contributed by atoms with van der Waals surface area (Å²) >= 11 is 0. The van der Waals surface area contributed by atoms with Crippen molar-refractivity contribution in [2.24, 2.45) is 0 Å². The zero-order valence-corrected chi connectivity index (χ0v) is 18.9. The monoisotopic (exact) mass is 447 g/mol. The Hall–Kier alpha value is -3.75. The smallest absolute Gasteiger partial charge is 0.276 e. The molecule has 0 bridgehead atoms. The van der Waals surface area contributed by atoms with Crippen molar-refractivity contribution in [3.8, 4) is 0 Å². The Labute approximate surface area is 193 Å². The first kappa shape index (κ1) is 23.9. The van der Waals surface area contributed by atoms with Crippen LogP contribution in [0.25, 0.3) is 0 Å². The van der Waals surface area contributed by atoms with Crippen molar-refractivity contribution in [3.63, 3.8) is 0 Å². The average molecular weight is 448 g/mol. The minimum Gasteiger partial charge on any atom is -0.380 e. The number of pyridine rings is 1. The van der Waals surface area contributed by atoms with Gasteiger partial charge >= 0.3 is 0 Å². The lowest BCUT2D eigenvalue weighted by Gasteiger charge is -2.13. The van der Waals surface area contributed by atoms with Crippen LogP contribution in [0.3, 0.4) is 0 Å². The second kappa shape index (κ2) is 12.3. The minimum atomic E-state index is -0.356. The van der Waals surface area contributed by atoms with Crippen LogP contribution in [0, 0.1) is 0 Å². The van der Waals surface area contributed by atoms with Crippen LogP contribution in [-0.2, 0) is 18.0 Å². The fourth-order valence-corrected chi connectivity index (χ4v) is 3.07. The molecule has 33 heavy (non-hydrogen) atoms. The fraction of sp³-hybridized carbons (Fsp3) is 0.240. The van der Waals surface area contributed by atoms with Crippen molar-refractivity contribution >= 4 is 17.5 Å². The molecular weight excluding hydrogens is 418 g/mol. The molecule has 0 aliphatic carbocycles. The molecule has 8 nitrogen and oxygen atoms in total. The number of carbonyl (C=O) groups is 2. The molecule has 0 unspecified atom stereocenters. The van der Waals surface area contributed by atoms with Crippen LogP contribution in [0.2, 0.25) is 0 Å². The molecule has 0 fully saturated rings. The number of hydrogen-bond donors (Lipinski definition) is 3. The highest BCUT2D eigenvalue weighted by Crippen LogP contribution is 2.16. The highest BCUT2D eigenvalue weighted by Gasteiger charge is 2.11. The average Bonchev–Trinajstić information content (AvgIpc) is 2.83. The molecule has 3 aromatic rings. The van der Waals surface area contributed by atoms with Gasteiger partial charge in [0.1, 0.15) is 0 Å². The van der Waals surface area contributed by atoms with Crippen molar-refractivity contribution in [2.45, 2.75) is 13.2 Å². The lowest BCUT2D eigenvalue weighted by atomic mass is 10.1. The van der Waals surface area contributed by atoms with Gasteiger partial charge in [0.25, 0.3) is 11.8 Å². The van der Waals surface area contributed by atoms with Crippen LogP contribution in [-0.4, -0.2) is 48.9 Å². The van der Waals surface area contributed by atoms with E-state index in [4.69, 9.17) is 4.84 Å². The summed E-state index contributed by atoms with van der Waals surface area (Å²) in [5, 5.41) is 6.15. The third-order valence-corrected chi connectivity index (χ3v) is 4.84. The molecule has 0 spiro atoms. The van der Waals surface area contributed by atoms with Crippen LogP contribution in [0.5, 0.6) is 0 Å². The fourth-order valence-electron chi connectivity index (χ4n) is 3.07. The number of nitrogens with zero attached hydrogens (tertiary/aromatic N) is 2. The van der Waals surface area contributed by atoms with Crippen LogP contribution < -0.4 is 16.1 Å². The summed E-state index contributed by atoms with van der Waals surface area (Å²) in [4.78, 5) is 36.4. The van der Waals surface area contributed by atoms with Crippen molar-refractivity contribution < 1.29 is 14.4 Å². The standard InChI is InChI=1S/C25H29N5O3/c1-30(2)15-14-27-24(31)21-7-5-6-20(16-21)18-33-29-25(32)22-8-3-4-9-23(22)28-17-19-10-12-26-13-11-19/h3-13,16,28H,14-15,17-18H2,1-2H3,(H,27,31)(H,29,32). The Morgan fingerprint density at radius 3 is 2.52 bits per heavy atom. The molecule has 1 heterocycles. The van der Waals surface area contributed by atoms with E-state index in [0.29, 0.717) is 29.9 Å². The Bertz CT molecular complexity index is 1060. The number of para-hydroxylation sites is 1. The van der Waals surface area contributed by atoms with Gasteiger partial charge in [0, 0.05) is 43.3 Å². The van der Waals surface area contributed by atoms with E-state index in [9.17, 15) is 9.59 Å². The molecule has 0 radical (unpaired) electrons. The van der Waals surface area contributed by atoms with Crippen molar-refractivity contribution in [1.29, 1.82) is 0 Å². The molecule has 8 heteroatoms. The van der Waals surface area contributed by atoms with Gasteiger partial charge in [-0.2, -0.15) is 0 Å². The third-order valence-electron chi connectivity index (χ3n) is 4.84. The normalized spacial score (nSPS) is 10.6. The molecule has 0 atom stereocenters. The van der Waals surface area contributed by atoms with Crippen LogP contribution in [0.15, 0.2) is 73.1 Å². The van der Waals surface area contributed by atoms with E-state index in [1.165, 1.54) is 0 Å². The first-order valence-electron chi connectivity index (χ1n) is 10.7.